The highest BCUT2D eigenvalue weighted by atomic mass is 31.2. The van der Waals surface area contributed by atoms with E-state index in [0.29, 0.717) is 29.8 Å². The fourth-order valence-corrected chi connectivity index (χ4v) is 3.66. The lowest BCUT2D eigenvalue weighted by Crippen LogP contribution is -2.17. The summed E-state index contributed by atoms with van der Waals surface area (Å²) in [4.78, 5) is 26.0. The van der Waals surface area contributed by atoms with E-state index in [1.807, 2.05) is 0 Å². The summed E-state index contributed by atoms with van der Waals surface area (Å²) in [6.45, 7) is -0.00773. The van der Waals surface area contributed by atoms with Crippen LogP contribution in [0.1, 0.15) is 19.1 Å². The van der Waals surface area contributed by atoms with Crippen LogP contribution in [0.2, 0.25) is 0 Å². The summed E-state index contributed by atoms with van der Waals surface area (Å²) in [5.41, 5.74) is 6.89. The number of aromatic nitrogens is 6. The maximum absolute atomic E-state index is 12.1. The number of hydrogen-bond donors (Lipinski definition) is 2. The molecule has 0 aliphatic carbocycles. The number of nitrogen functional groups attached to an aromatic ring is 1. The van der Waals surface area contributed by atoms with Gasteiger partial charge in [0, 0.05) is 12.4 Å². The zero-order chi connectivity index (χ0) is 17.4. The Labute approximate surface area is 142 Å². The highest BCUT2D eigenvalue weighted by molar-refractivity contribution is 7.51. The second-order valence-electron chi connectivity index (χ2n) is 5.60. The van der Waals surface area contributed by atoms with Crippen molar-refractivity contribution in [3.8, 4) is 0 Å². The van der Waals surface area contributed by atoms with Gasteiger partial charge in [-0.25, -0.2) is 28.8 Å². The first-order chi connectivity index (χ1) is 12.0. The molecule has 3 aromatic heterocycles. The van der Waals surface area contributed by atoms with Gasteiger partial charge in [0.2, 0.25) is 0 Å². The van der Waals surface area contributed by atoms with Gasteiger partial charge >= 0.3 is 7.75 Å². The Balaban J connectivity index is 1.43. The van der Waals surface area contributed by atoms with Crippen molar-refractivity contribution in [3.05, 3.63) is 31.4 Å². The van der Waals surface area contributed by atoms with E-state index in [4.69, 9.17) is 15.0 Å². The molecule has 1 fully saturated rings. The quantitative estimate of drug-likeness (QED) is 0.631. The van der Waals surface area contributed by atoms with Crippen molar-refractivity contribution < 1.29 is 18.7 Å². The fourth-order valence-electron chi connectivity index (χ4n) is 2.74. The monoisotopic (exact) mass is 365 g/mol. The lowest BCUT2D eigenvalue weighted by molar-refractivity contribution is -0.0178. The lowest BCUT2D eigenvalue weighted by Gasteiger charge is -2.17. The molecular weight excluding hydrogens is 349 g/mol. The molecule has 0 radical (unpaired) electrons. The molecule has 25 heavy (non-hydrogen) atoms. The van der Waals surface area contributed by atoms with Crippen LogP contribution >= 0.6 is 7.75 Å². The molecule has 3 aromatic rings. The summed E-state index contributed by atoms with van der Waals surface area (Å²) >= 11 is 0. The molecule has 0 bridgehead atoms. The lowest BCUT2D eigenvalue weighted by atomic mass is 10.2. The summed E-state index contributed by atoms with van der Waals surface area (Å²) in [6, 6.07) is 0. The number of hydrogen-bond acceptors (Lipinski definition) is 8. The van der Waals surface area contributed by atoms with Crippen LogP contribution in [0.3, 0.4) is 0 Å². The van der Waals surface area contributed by atoms with Crippen LogP contribution in [0, 0.1) is 0 Å². The number of imidazole rings is 2. The van der Waals surface area contributed by atoms with E-state index in [1.165, 1.54) is 25.0 Å². The van der Waals surface area contributed by atoms with Crippen LogP contribution in [0.15, 0.2) is 31.4 Å². The molecule has 0 spiro atoms. The van der Waals surface area contributed by atoms with Crippen molar-refractivity contribution >= 4 is 24.7 Å². The highest BCUT2D eigenvalue weighted by Crippen LogP contribution is 2.44. The topological polar surface area (TPSA) is 143 Å². The van der Waals surface area contributed by atoms with Crippen LogP contribution in [0.5, 0.6) is 0 Å². The summed E-state index contributed by atoms with van der Waals surface area (Å²) in [5, 5.41) is 0. The zero-order valence-electron chi connectivity index (χ0n) is 13.0. The number of fused-ring (bicyclic) bond motifs is 1. The van der Waals surface area contributed by atoms with Crippen LogP contribution in [0.4, 0.5) is 5.82 Å². The third kappa shape index (κ3) is 3.02. The van der Waals surface area contributed by atoms with Gasteiger partial charge in [-0.05, 0) is 12.8 Å². The Hall–Kier alpha value is -2.33. The zero-order valence-corrected chi connectivity index (χ0v) is 13.9. The standard InChI is InChI=1S/C13H16N7O4P/c14-12-11-13(17-6-16-12)20(8-18-11)10-2-1-9(24-10)5-23-25(21,22)19-4-3-15-7-19/h3-4,6-10H,1-2,5H2,(H,21,22)(H2,14,16,17)/t9-,10+/m0/s1. The molecule has 4 rings (SSSR count). The number of ether oxygens (including phenoxy) is 1. The van der Waals surface area contributed by atoms with E-state index >= 15 is 0 Å². The molecule has 0 saturated carbocycles. The second kappa shape index (κ2) is 6.19. The van der Waals surface area contributed by atoms with Gasteiger partial charge < -0.3 is 15.4 Å². The summed E-state index contributed by atoms with van der Waals surface area (Å²) < 4.78 is 26.0. The third-order valence-corrected chi connectivity index (χ3v) is 5.30. The van der Waals surface area contributed by atoms with Gasteiger partial charge in [0.15, 0.2) is 11.5 Å². The van der Waals surface area contributed by atoms with Crippen LogP contribution < -0.4 is 5.73 Å². The minimum atomic E-state index is -3.96. The molecule has 11 nitrogen and oxygen atoms in total. The molecular formula is C13H16N7O4P. The Morgan fingerprint density at radius 3 is 3.04 bits per heavy atom. The summed E-state index contributed by atoms with van der Waals surface area (Å²) in [7, 11) is -3.96. The van der Waals surface area contributed by atoms with Gasteiger partial charge in [0.1, 0.15) is 24.4 Å². The second-order valence-corrected chi connectivity index (χ2v) is 7.30. The van der Waals surface area contributed by atoms with Crippen molar-refractivity contribution in [1.82, 2.24) is 28.8 Å². The van der Waals surface area contributed by atoms with E-state index in [9.17, 15) is 9.46 Å². The molecule has 3 atom stereocenters. The predicted molar refractivity (Wildman–Crippen MR) is 86.3 cm³/mol. The summed E-state index contributed by atoms with van der Waals surface area (Å²) in [5.74, 6) is 0.309. The van der Waals surface area contributed by atoms with Crippen molar-refractivity contribution in [2.24, 2.45) is 0 Å². The summed E-state index contributed by atoms with van der Waals surface area (Å²) in [6.07, 6.45) is 7.77. The number of nitrogens with two attached hydrogens (primary N) is 1. The smallest absolute Gasteiger partial charge is 0.382 e. The molecule has 4 heterocycles. The SMILES string of the molecule is Nc1ncnc2c1ncn2[C@H]1CC[C@@H](COP(=O)(O)n2ccnc2)O1. The van der Waals surface area contributed by atoms with Crippen LogP contribution in [0.25, 0.3) is 11.2 Å². The first-order valence-electron chi connectivity index (χ1n) is 7.59. The van der Waals surface area contributed by atoms with Gasteiger partial charge in [-0.15, -0.1) is 0 Å². The van der Waals surface area contributed by atoms with Crippen LogP contribution in [-0.4, -0.2) is 46.4 Å². The van der Waals surface area contributed by atoms with Gasteiger partial charge in [0.25, 0.3) is 0 Å². The van der Waals surface area contributed by atoms with E-state index in [2.05, 4.69) is 19.9 Å². The number of anilines is 1. The normalized spacial score (nSPS) is 23.1. The number of nitrogens with zero attached hydrogens (tertiary/aromatic N) is 6. The van der Waals surface area contributed by atoms with Gasteiger partial charge in [-0.2, -0.15) is 0 Å². The van der Waals surface area contributed by atoms with Crippen LogP contribution in [-0.2, 0) is 13.8 Å². The van der Waals surface area contributed by atoms with Gasteiger partial charge in [-0.3, -0.25) is 9.09 Å². The molecule has 1 saturated heterocycles. The predicted octanol–water partition coefficient (Wildman–Crippen LogP) is 0.948. The van der Waals surface area contributed by atoms with E-state index in [-0.39, 0.29) is 18.9 Å². The Morgan fingerprint density at radius 2 is 2.24 bits per heavy atom. The Kier molecular flexibility index (Phi) is 4.00. The van der Waals surface area contributed by atoms with E-state index in [1.54, 1.807) is 10.9 Å². The van der Waals surface area contributed by atoms with Crippen molar-refractivity contribution in [2.45, 2.75) is 25.2 Å². The fraction of sp³-hybridized carbons (Fsp3) is 0.385. The molecule has 1 aliphatic rings. The minimum Gasteiger partial charge on any atom is -0.382 e. The van der Waals surface area contributed by atoms with Crippen molar-refractivity contribution in [2.75, 3.05) is 12.3 Å². The maximum Gasteiger partial charge on any atom is 0.437 e. The average molecular weight is 365 g/mol. The van der Waals surface area contributed by atoms with E-state index in [0.717, 1.165) is 4.34 Å². The van der Waals surface area contributed by atoms with Gasteiger partial charge in [-0.1, -0.05) is 0 Å². The Morgan fingerprint density at radius 1 is 1.36 bits per heavy atom. The van der Waals surface area contributed by atoms with Crippen molar-refractivity contribution in [1.29, 1.82) is 0 Å². The molecule has 1 aliphatic heterocycles. The largest absolute Gasteiger partial charge is 0.437 e. The molecule has 1 unspecified atom stereocenters. The minimum absolute atomic E-state index is 0.00773. The molecule has 0 amide bonds. The van der Waals surface area contributed by atoms with Gasteiger partial charge in [0.05, 0.1) is 19.0 Å². The maximum atomic E-state index is 12.1. The first kappa shape index (κ1) is 16.2. The van der Waals surface area contributed by atoms with Crippen molar-refractivity contribution in [3.63, 3.8) is 0 Å². The molecule has 3 N–H and O–H groups in total. The highest BCUT2D eigenvalue weighted by Gasteiger charge is 2.31. The third-order valence-electron chi connectivity index (χ3n) is 3.99. The number of rotatable bonds is 5. The molecule has 0 aromatic carbocycles. The first-order valence-corrected chi connectivity index (χ1v) is 9.12. The molecule has 132 valence electrons. The molecule has 12 heteroatoms. The van der Waals surface area contributed by atoms with E-state index < -0.39 is 7.75 Å². The average Bonchev–Trinajstić information content (AvgIpc) is 3.33. The Bertz CT molecular complexity index is 928.